The van der Waals surface area contributed by atoms with Crippen molar-refractivity contribution in [2.75, 3.05) is 13.7 Å². The molecule has 2 amide bonds. The maximum atomic E-state index is 12.3. The summed E-state index contributed by atoms with van der Waals surface area (Å²) in [6, 6.07) is 7.75. The molecule has 9 nitrogen and oxygen atoms in total. The van der Waals surface area contributed by atoms with Crippen LogP contribution in [0.25, 0.3) is 10.9 Å². The smallest absolute Gasteiger partial charge is 0.352 e. The zero-order chi connectivity index (χ0) is 24.8. The van der Waals surface area contributed by atoms with Crippen LogP contribution in [-0.2, 0) is 11.8 Å². The molecule has 1 heterocycles. The number of amides is 2. The number of hydrogen-bond donors (Lipinski definition) is 2. The van der Waals surface area contributed by atoms with E-state index in [9.17, 15) is 4.79 Å². The van der Waals surface area contributed by atoms with Gasteiger partial charge in [-0.1, -0.05) is 31.2 Å². The summed E-state index contributed by atoms with van der Waals surface area (Å²) in [5.74, 6) is 12.2. The molecule has 1 aromatic heterocycles. The molecule has 4 N–H and O–H groups in total. The van der Waals surface area contributed by atoms with Gasteiger partial charge in [-0.2, -0.15) is 5.10 Å². The van der Waals surface area contributed by atoms with E-state index in [1.165, 1.54) is 7.05 Å². The van der Waals surface area contributed by atoms with E-state index >= 15 is 0 Å². The van der Waals surface area contributed by atoms with E-state index in [1.54, 1.807) is 0 Å². The Kier molecular flexibility index (Phi) is 8.04. The summed E-state index contributed by atoms with van der Waals surface area (Å²) in [6.45, 7) is 6.01. The van der Waals surface area contributed by atoms with Crippen molar-refractivity contribution in [1.29, 1.82) is 0 Å². The van der Waals surface area contributed by atoms with Crippen LogP contribution in [0.5, 0.6) is 0 Å². The number of nitrogens with zero attached hydrogens (tertiary/aromatic N) is 5. The Morgan fingerprint density at radius 1 is 1.24 bits per heavy atom. The number of hydrogen-bond acceptors (Lipinski definition) is 6. The van der Waals surface area contributed by atoms with Crippen LogP contribution < -0.4 is 11.7 Å². The molecule has 0 radical (unpaired) electrons. The third-order valence-electron chi connectivity index (χ3n) is 5.67. The molecule has 0 bridgehead atoms. The first-order valence-corrected chi connectivity index (χ1v) is 11.2. The first-order chi connectivity index (χ1) is 16.2. The zero-order valence-corrected chi connectivity index (χ0v) is 20.4. The number of rotatable bonds is 6. The van der Waals surface area contributed by atoms with E-state index in [0.29, 0.717) is 24.4 Å². The number of nitrogens with two attached hydrogens (primary N) is 2. The third kappa shape index (κ3) is 5.62. The molecule has 3 rings (SSSR count). The number of fused-ring (bicyclic) bond motifs is 1. The van der Waals surface area contributed by atoms with Crippen molar-refractivity contribution in [3.05, 3.63) is 71.1 Å². The quantitative estimate of drug-likeness (QED) is 0.222. The second-order valence-electron chi connectivity index (χ2n) is 8.17. The lowest BCUT2D eigenvalue weighted by Crippen LogP contribution is -2.48. The van der Waals surface area contributed by atoms with E-state index in [-0.39, 0.29) is 6.61 Å². The monoisotopic (exact) mass is 463 g/mol. The Balaban J connectivity index is 1.78. The molecule has 0 fully saturated rings. The van der Waals surface area contributed by atoms with Crippen molar-refractivity contribution >= 4 is 28.5 Å². The summed E-state index contributed by atoms with van der Waals surface area (Å²) >= 11 is 0. The van der Waals surface area contributed by atoms with Crippen LogP contribution in [-0.4, -0.2) is 45.9 Å². The highest BCUT2D eigenvalue weighted by Crippen LogP contribution is 2.23. The average Bonchev–Trinajstić information content (AvgIpc) is 3.09. The molecule has 0 aliphatic heterocycles. The fourth-order valence-corrected chi connectivity index (χ4v) is 3.61. The van der Waals surface area contributed by atoms with Gasteiger partial charge in [0.05, 0.1) is 11.4 Å². The molecule has 2 aromatic rings. The number of aryl methyl sites for hydroxylation is 1. The Morgan fingerprint density at radius 3 is 2.71 bits per heavy atom. The lowest BCUT2D eigenvalue weighted by Gasteiger charge is -2.25. The van der Waals surface area contributed by atoms with Crippen LogP contribution in [0.1, 0.15) is 39.2 Å². The Morgan fingerprint density at radius 2 is 2.00 bits per heavy atom. The van der Waals surface area contributed by atoms with Crippen LogP contribution in [0.2, 0.25) is 0 Å². The summed E-state index contributed by atoms with van der Waals surface area (Å²) in [5.41, 5.74) is 5.23. The van der Waals surface area contributed by atoms with Crippen LogP contribution in [0, 0.1) is 0 Å². The Labute approximate surface area is 200 Å². The number of allylic oxidation sites excluding steroid dienone is 4. The van der Waals surface area contributed by atoms with Crippen LogP contribution in [0.15, 0.2) is 75.7 Å². The highest BCUT2D eigenvalue weighted by atomic mass is 16.5. The summed E-state index contributed by atoms with van der Waals surface area (Å²) in [7, 11) is 3.47. The second-order valence-corrected chi connectivity index (χ2v) is 8.17. The van der Waals surface area contributed by atoms with Crippen molar-refractivity contribution in [2.45, 2.75) is 33.6 Å². The van der Waals surface area contributed by atoms with E-state index in [0.717, 1.165) is 43.3 Å². The fraction of sp³-hybridized carbons (Fsp3) is 0.320. The fourth-order valence-electron chi connectivity index (χ4n) is 3.61. The standard InChI is InChI=1S/C25H33N7O2/c1-6-24(29-28-18(3)19-11-12-22-20(15-19)13-14-30(22)4)34-16-21-17(2)9-7-8-10-23(21)32(27)25(33)31(5)26/h7,9-15H,6,8,16,26-27H2,1-5H3. The molecule has 180 valence electrons. The molecule has 0 atom stereocenters. The van der Waals surface area contributed by atoms with Gasteiger partial charge in [0.25, 0.3) is 0 Å². The SMILES string of the molecule is CCC(=NN=C(C)c1ccc2c(ccn2C)c1)OCC1=C(C)C=CCC=C1N(N)C(=O)N(C)N. The summed E-state index contributed by atoms with van der Waals surface area (Å²) in [4.78, 5) is 12.3. The van der Waals surface area contributed by atoms with E-state index in [4.69, 9.17) is 16.4 Å². The first kappa shape index (κ1) is 24.9. The van der Waals surface area contributed by atoms with Crippen LogP contribution in [0.3, 0.4) is 0 Å². The highest BCUT2D eigenvalue weighted by Gasteiger charge is 2.22. The Bertz CT molecular complexity index is 1220. The summed E-state index contributed by atoms with van der Waals surface area (Å²) in [6.07, 6.45) is 9.09. The molecule has 1 aliphatic rings. The Hall–Kier alpha value is -3.69. The molecular formula is C25H33N7O2. The molecule has 1 aromatic carbocycles. The van der Waals surface area contributed by atoms with Crippen molar-refractivity contribution in [3.63, 3.8) is 0 Å². The topological polar surface area (TPSA) is 114 Å². The molecule has 34 heavy (non-hydrogen) atoms. The predicted molar refractivity (Wildman–Crippen MR) is 137 cm³/mol. The largest absolute Gasteiger partial charge is 0.475 e. The van der Waals surface area contributed by atoms with Crippen LogP contribution >= 0.6 is 0 Å². The number of carbonyl (C=O) groups excluding carboxylic acids is 1. The van der Waals surface area contributed by atoms with Crippen molar-refractivity contribution in [3.8, 4) is 0 Å². The lowest BCUT2D eigenvalue weighted by molar-refractivity contribution is 0.177. The molecule has 0 spiro atoms. The van der Waals surface area contributed by atoms with Gasteiger partial charge < -0.3 is 9.30 Å². The number of carbonyl (C=O) groups is 1. The number of urea groups is 1. The average molecular weight is 464 g/mol. The van der Waals surface area contributed by atoms with E-state index in [1.807, 2.05) is 58.3 Å². The van der Waals surface area contributed by atoms with Crippen LogP contribution in [0.4, 0.5) is 4.79 Å². The van der Waals surface area contributed by atoms with Gasteiger partial charge >= 0.3 is 6.03 Å². The summed E-state index contributed by atoms with van der Waals surface area (Å²) in [5, 5.41) is 11.9. The minimum Gasteiger partial charge on any atom is -0.475 e. The lowest BCUT2D eigenvalue weighted by atomic mass is 10.1. The summed E-state index contributed by atoms with van der Waals surface area (Å²) < 4.78 is 8.09. The predicted octanol–water partition coefficient (Wildman–Crippen LogP) is 3.99. The van der Waals surface area contributed by atoms with Gasteiger partial charge in [0.1, 0.15) is 6.61 Å². The number of ether oxygens (including phenoxy) is 1. The molecule has 1 aliphatic carbocycles. The maximum Gasteiger partial charge on any atom is 0.352 e. The van der Waals surface area contributed by atoms with Crippen molar-refractivity contribution in [2.24, 2.45) is 28.9 Å². The van der Waals surface area contributed by atoms with E-state index in [2.05, 4.69) is 33.0 Å². The van der Waals surface area contributed by atoms with Gasteiger partial charge in [-0.15, -0.1) is 5.10 Å². The second kappa shape index (κ2) is 11.0. The molecule has 0 saturated heterocycles. The molecule has 9 heteroatoms. The third-order valence-corrected chi connectivity index (χ3v) is 5.67. The normalized spacial score (nSPS) is 14.9. The molecule has 0 saturated carbocycles. The number of benzene rings is 1. The van der Waals surface area contributed by atoms with Gasteiger partial charge in [-0.3, -0.25) is 5.01 Å². The van der Waals surface area contributed by atoms with Crippen molar-refractivity contribution in [1.82, 2.24) is 14.6 Å². The maximum absolute atomic E-state index is 12.3. The first-order valence-electron chi connectivity index (χ1n) is 11.2. The van der Waals surface area contributed by atoms with E-state index < -0.39 is 6.03 Å². The van der Waals surface area contributed by atoms with Gasteiger partial charge in [-0.25, -0.2) is 21.5 Å². The molecule has 0 unspecified atom stereocenters. The number of aromatic nitrogens is 1. The van der Waals surface area contributed by atoms with Gasteiger partial charge in [0.15, 0.2) is 0 Å². The van der Waals surface area contributed by atoms with Gasteiger partial charge in [0, 0.05) is 43.2 Å². The minimum absolute atomic E-state index is 0.189. The minimum atomic E-state index is -0.529. The van der Waals surface area contributed by atoms with Gasteiger partial charge in [0.2, 0.25) is 5.90 Å². The highest BCUT2D eigenvalue weighted by molar-refractivity contribution is 6.01. The van der Waals surface area contributed by atoms with Gasteiger partial charge in [-0.05, 0) is 49.6 Å². The number of hydrazine groups is 2. The zero-order valence-electron chi connectivity index (χ0n) is 20.4. The molecular weight excluding hydrogens is 430 g/mol. The van der Waals surface area contributed by atoms with Crippen molar-refractivity contribution < 1.29 is 9.53 Å².